The highest BCUT2D eigenvalue weighted by Gasteiger charge is 2.00. The Kier molecular flexibility index (Phi) is 4.58. The minimum atomic E-state index is -0.247. The molecule has 0 aliphatic carbocycles. The summed E-state index contributed by atoms with van der Waals surface area (Å²) in [6.07, 6.45) is 3.90. The molecule has 0 atom stereocenters. The third-order valence-corrected chi connectivity index (χ3v) is 2.19. The van der Waals surface area contributed by atoms with Gasteiger partial charge >= 0.3 is 5.97 Å². The third-order valence-electron chi connectivity index (χ3n) is 2.19. The van der Waals surface area contributed by atoms with Crippen molar-refractivity contribution >= 4 is 12.0 Å². The van der Waals surface area contributed by atoms with Crippen molar-refractivity contribution in [2.75, 3.05) is 14.2 Å². The summed E-state index contributed by atoms with van der Waals surface area (Å²) in [4.78, 5) is 10.9. The Morgan fingerprint density at radius 2 is 2.12 bits per heavy atom. The molecule has 0 aliphatic rings. The maximum atomic E-state index is 10.9. The molecule has 0 aliphatic heterocycles. The summed E-state index contributed by atoms with van der Waals surface area (Å²) < 4.78 is 9.76. The first kappa shape index (κ1) is 12.3. The first-order valence-electron chi connectivity index (χ1n) is 5.05. The second-order valence-electron chi connectivity index (χ2n) is 3.43. The molecule has 1 aromatic carbocycles. The molecule has 16 heavy (non-hydrogen) atoms. The van der Waals surface area contributed by atoms with E-state index in [1.807, 2.05) is 31.2 Å². The number of aryl methyl sites for hydroxylation is 1. The molecule has 0 saturated heterocycles. The lowest BCUT2D eigenvalue weighted by Crippen LogP contribution is -1.96. The molecule has 0 radical (unpaired) electrons. The molecule has 0 spiro atoms. The molecule has 0 fully saturated rings. The van der Waals surface area contributed by atoms with Crippen LogP contribution in [0.1, 0.15) is 17.5 Å². The summed E-state index contributed by atoms with van der Waals surface area (Å²) in [7, 11) is 3.01. The molecule has 0 amide bonds. The van der Waals surface area contributed by atoms with Crippen molar-refractivity contribution in [3.63, 3.8) is 0 Å². The number of ether oxygens (including phenoxy) is 2. The van der Waals surface area contributed by atoms with E-state index in [-0.39, 0.29) is 12.4 Å². The van der Waals surface area contributed by atoms with Crippen LogP contribution in [0.5, 0.6) is 5.75 Å². The number of carbonyl (C=O) groups excluding carboxylic acids is 1. The van der Waals surface area contributed by atoms with Crippen LogP contribution in [0.25, 0.3) is 6.08 Å². The molecule has 0 heterocycles. The van der Waals surface area contributed by atoms with Crippen molar-refractivity contribution in [3.05, 3.63) is 35.4 Å². The van der Waals surface area contributed by atoms with Crippen LogP contribution >= 0.6 is 0 Å². The first-order valence-corrected chi connectivity index (χ1v) is 5.05. The summed E-state index contributed by atoms with van der Waals surface area (Å²) in [6, 6.07) is 5.90. The van der Waals surface area contributed by atoms with Gasteiger partial charge in [-0.05, 0) is 19.1 Å². The maximum Gasteiger partial charge on any atom is 0.309 e. The normalized spacial score (nSPS) is 10.4. The Labute approximate surface area is 95.7 Å². The second-order valence-corrected chi connectivity index (χ2v) is 3.43. The summed E-state index contributed by atoms with van der Waals surface area (Å²) in [5.41, 5.74) is 2.12. The van der Waals surface area contributed by atoms with Gasteiger partial charge in [-0.1, -0.05) is 23.8 Å². The zero-order valence-electron chi connectivity index (χ0n) is 9.82. The highest BCUT2D eigenvalue weighted by molar-refractivity contribution is 5.73. The lowest BCUT2D eigenvalue weighted by atomic mass is 10.1. The van der Waals surface area contributed by atoms with Gasteiger partial charge in [0.25, 0.3) is 0 Å². The van der Waals surface area contributed by atoms with Crippen molar-refractivity contribution in [2.24, 2.45) is 0 Å². The zero-order valence-corrected chi connectivity index (χ0v) is 9.82. The summed E-state index contributed by atoms with van der Waals surface area (Å²) in [5, 5.41) is 0. The van der Waals surface area contributed by atoms with Gasteiger partial charge in [0.2, 0.25) is 0 Å². The van der Waals surface area contributed by atoms with Crippen LogP contribution in [0.2, 0.25) is 0 Å². The molecular weight excluding hydrogens is 204 g/mol. The van der Waals surface area contributed by atoms with Crippen LogP contribution in [0.3, 0.4) is 0 Å². The molecule has 3 heteroatoms. The Balaban J connectivity index is 2.79. The van der Waals surface area contributed by atoms with E-state index in [9.17, 15) is 4.79 Å². The van der Waals surface area contributed by atoms with Gasteiger partial charge in [0, 0.05) is 5.56 Å². The molecule has 86 valence electrons. The number of benzene rings is 1. The second kappa shape index (κ2) is 5.95. The van der Waals surface area contributed by atoms with E-state index < -0.39 is 0 Å². The van der Waals surface area contributed by atoms with E-state index in [0.717, 1.165) is 16.9 Å². The van der Waals surface area contributed by atoms with Gasteiger partial charge in [0.15, 0.2) is 0 Å². The quantitative estimate of drug-likeness (QED) is 0.731. The van der Waals surface area contributed by atoms with Gasteiger partial charge in [-0.25, -0.2) is 0 Å². The predicted octanol–water partition coefficient (Wildman–Crippen LogP) is 2.58. The Bertz CT molecular complexity index is 394. The van der Waals surface area contributed by atoms with E-state index in [2.05, 4.69) is 4.74 Å². The fraction of sp³-hybridized carbons (Fsp3) is 0.308. The molecule has 0 N–H and O–H groups in total. The number of esters is 1. The number of hydrogen-bond acceptors (Lipinski definition) is 3. The van der Waals surface area contributed by atoms with Gasteiger partial charge < -0.3 is 9.47 Å². The lowest BCUT2D eigenvalue weighted by molar-refractivity contribution is -0.139. The standard InChI is InChI=1S/C13H16O3/c1-10-7-8-12(15-2)11(9-10)5-4-6-13(14)16-3/h4-5,7-9H,6H2,1-3H3. The monoisotopic (exact) mass is 220 g/mol. The number of hydrogen-bond donors (Lipinski definition) is 0. The van der Waals surface area contributed by atoms with Crippen LogP contribution < -0.4 is 4.74 Å². The van der Waals surface area contributed by atoms with Gasteiger partial charge in [-0.15, -0.1) is 0 Å². The molecule has 1 aromatic rings. The smallest absolute Gasteiger partial charge is 0.309 e. The molecule has 1 rings (SSSR count). The van der Waals surface area contributed by atoms with Crippen molar-refractivity contribution in [1.82, 2.24) is 0 Å². The first-order chi connectivity index (χ1) is 7.67. The van der Waals surface area contributed by atoms with Crippen LogP contribution in [0.15, 0.2) is 24.3 Å². The van der Waals surface area contributed by atoms with Crippen molar-refractivity contribution in [3.8, 4) is 5.75 Å². The van der Waals surface area contributed by atoms with Crippen LogP contribution in [-0.2, 0) is 9.53 Å². The fourth-order valence-electron chi connectivity index (χ4n) is 1.35. The van der Waals surface area contributed by atoms with Gasteiger partial charge in [-0.2, -0.15) is 0 Å². The summed E-state index contributed by atoms with van der Waals surface area (Å²) >= 11 is 0. The molecular formula is C13H16O3. The Hall–Kier alpha value is -1.77. The summed E-state index contributed by atoms with van der Waals surface area (Å²) in [5.74, 6) is 0.551. The predicted molar refractivity (Wildman–Crippen MR) is 63.4 cm³/mol. The number of rotatable bonds is 4. The van der Waals surface area contributed by atoms with Gasteiger partial charge in [0.1, 0.15) is 5.75 Å². The van der Waals surface area contributed by atoms with E-state index in [1.165, 1.54) is 7.11 Å². The van der Waals surface area contributed by atoms with Gasteiger partial charge in [-0.3, -0.25) is 4.79 Å². The van der Waals surface area contributed by atoms with Crippen molar-refractivity contribution < 1.29 is 14.3 Å². The van der Waals surface area contributed by atoms with Crippen LogP contribution in [0.4, 0.5) is 0 Å². The van der Waals surface area contributed by atoms with E-state index in [0.29, 0.717) is 0 Å². The summed E-state index contributed by atoms with van der Waals surface area (Å²) in [6.45, 7) is 2.01. The maximum absolute atomic E-state index is 10.9. The van der Waals surface area contributed by atoms with Crippen molar-refractivity contribution in [2.45, 2.75) is 13.3 Å². The molecule has 3 nitrogen and oxygen atoms in total. The van der Waals surface area contributed by atoms with E-state index in [4.69, 9.17) is 4.74 Å². The third kappa shape index (κ3) is 3.42. The minimum Gasteiger partial charge on any atom is -0.496 e. The SMILES string of the molecule is COC(=O)CC=Cc1cc(C)ccc1OC. The Morgan fingerprint density at radius 3 is 2.75 bits per heavy atom. The molecule has 0 aromatic heterocycles. The molecule has 0 saturated carbocycles. The molecule has 0 unspecified atom stereocenters. The minimum absolute atomic E-state index is 0.247. The van der Waals surface area contributed by atoms with Crippen LogP contribution in [-0.4, -0.2) is 20.2 Å². The topological polar surface area (TPSA) is 35.5 Å². The van der Waals surface area contributed by atoms with Gasteiger partial charge in [0.05, 0.1) is 20.6 Å². The number of methoxy groups -OCH3 is 2. The molecule has 0 bridgehead atoms. The largest absolute Gasteiger partial charge is 0.496 e. The van der Waals surface area contributed by atoms with Crippen molar-refractivity contribution in [1.29, 1.82) is 0 Å². The number of carbonyl (C=O) groups is 1. The lowest BCUT2D eigenvalue weighted by Gasteiger charge is -2.05. The average molecular weight is 220 g/mol. The van der Waals surface area contributed by atoms with Crippen LogP contribution in [0, 0.1) is 6.92 Å². The highest BCUT2D eigenvalue weighted by Crippen LogP contribution is 2.21. The zero-order chi connectivity index (χ0) is 12.0. The highest BCUT2D eigenvalue weighted by atomic mass is 16.5. The van der Waals surface area contributed by atoms with E-state index >= 15 is 0 Å². The fourth-order valence-corrected chi connectivity index (χ4v) is 1.35. The Morgan fingerprint density at radius 1 is 1.38 bits per heavy atom. The van der Waals surface area contributed by atoms with E-state index in [1.54, 1.807) is 13.2 Å². The average Bonchev–Trinajstić information content (AvgIpc) is 2.29.